The predicted octanol–water partition coefficient (Wildman–Crippen LogP) is 1.16. The van der Waals surface area contributed by atoms with Gasteiger partial charge in [0.25, 0.3) is 0 Å². The van der Waals surface area contributed by atoms with Gasteiger partial charge < -0.3 is 10.5 Å². The second-order valence-corrected chi connectivity index (χ2v) is 6.96. The van der Waals surface area contributed by atoms with Crippen molar-refractivity contribution >= 4 is 10.0 Å². The van der Waals surface area contributed by atoms with Crippen LogP contribution in [0.5, 0.6) is 0 Å². The summed E-state index contributed by atoms with van der Waals surface area (Å²) in [6.07, 6.45) is 0.894. The van der Waals surface area contributed by atoms with Crippen LogP contribution in [-0.4, -0.2) is 27.7 Å². The van der Waals surface area contributed by atoms with Gasteiger partial charge in [-0.3, -0.25) is 0 Å². The van der Waals surface area contributed by atoms with Gasteiger partial charge in [0, 0.05) is 25.1 Å². The van der Waals surface area contributed by atoms with Gasteiger partial charge in [0.15, 0.2) is 0 Å². The van der Waals surface area contributed by atoms with Crippen LogP contribution in [0.1, 0.15) is 24.5 Å². The minimum Gasteiger partial charge on any atom is -0.381 e. The second-order valence-electron chi connectivity index (χ2n) is 5.28. The number of hydrogen-bond donors (Lipinski definition) is 2. The molecule has 1 heterocycles. The Morgan fingerprint density at radius 2 is 2.25 bits per heavy atom. The van der Waals surface area contributed by atoms with Crippen LogP contribution in [0.15, 0.2) is 23.1 Å². The Balaban J connectivity index is 2.22. The molecule has 0 aromatic heterocycles. The SMILES string of the molecule is Cc1c(CN)cccc1S(=O)(=O)NC(C)C1CCOC1. The summed E-state index contributed by atoms with van der Waals surface area (Å²) in [6, 6.07) is 5.06. The molecule has 1 aliphatic rings. The fourth-order valence-electron chi connectivity index (χ4n) is 2.52. The molecule has 2 rings (SSSR count). The van der Waals surface area contributed by atoms with E-state index in [1.54, 1.807) is 19.1 Å². The molecule has 1 aromatic rings. The highest BCUT2D eigenvalue weighted by Gasteiger charge is 2.27. The molecular formula is C14H22N2O3S. The highest BCUT2D eigenvalue weighted by Crippen LogP contribution is 2.22. The lowest BCUT2D eigenvalue weighted by molar-refractivity contribution is 0.180. The first kappa shape index (κ1) is 15.4. The van der Waals surface area contributed by atoms with Crippen molar-refractivity contribution in [2.45, 2.75) is 37.8 Å². The number of rotatable bonds is 5. The number of sulfonamides is 1. The molecule has 0 bridgehead atoms. The molecule has 20 heavy (non-hydrogen) atoms. The van der Waals surface area contributed by atoms with Crippen LogP contribution in [0, 0.1) is 12.8 Å². The quantitative estimate of drug-likeness (QED) is 0.854. The summed E-state index contributed by atoms with van der Waals surface area (Å²) in [5.74, 6) is 0.239. The zero-order chi connectivity index (χ0) is 14.8. The first-order chi connectivity index (χ1) is 9.45. The minimum atomic E-state index is -3.52. The van der Waals surface area contributed by atoms with Gasteiger partial charge in [-0.2, -0.15) is 0 Å². The van der Waals surface area contributed by atoms with Crippen molar-refractivity contribution in [3.05, 3.63) is 29.3 Å². The van der Waals surface area contributed by atoms with E-state index in [9.17, 15) is 8.42 Å². The summed E-state index contributed by atoms with van der Waals surface area (Å²) in [6.45, 7) is 5.34. The molecule has 1 aromatic carbocycles. The minimum absolute atomic E-state index is 0.136. The molecule has 0 amide bonds. The summed E-state index contributed by atoms with van der Waals surface area (Å²) in [5, 5.41) is 0. The molecule has 1 saturated heterocycles. The third kappa shape index (κ3) is 3.20. The van der Waals surface area contributed by atoms with Crippen LogP contribution < -0.4 is 10.5 Å². The summed E-state index contributed by atoms with van der Waals surface area (Å²) in [5.41, 5.74) is 7.20. The Bertz CT molecular complexity index is 566. The van der Waals surface area contributed by atoms with E-state index in [0.29, 0.717) is 24.7 Å². The molecule has 1 aliphatic heterocycles. The van der Waals surface area contributed by atoms with Crippen molar-refractivity contribution in [2.24, 2.45) is 11.7 Å². The average molecular weight is 298 g/mol. The Morgan fingerprint density at radius 3 is 2.85 bits per heavy atom. The summed E-state index contributed by atoms with van der Waals surface area (Å²) in [7, 11) is -3.52. The molecule has 2 atom stereocenters. The molecule has 2 unspecified atom stereocenters. The lowest BCUT2D eigenvalue weighted by Crippen LogP contribution is -2.38. The molecular weight excluding hydrogens is 276 g/mol. The zero-order valence-corrected chi connectivity index (χ0v) is 12.7. The van der Waals surface area contributed by atoms with Crippen molar-refractivity contribution in [1.82, 2.24) is 4.72 Å². The topological polar surface area (TPSA) is 81.4 Å². The van der Waals surface area contributed by atoms with Gasteiger partial charge in [0.2, 0.25) is 10.0 Å². The molecule has 0 spiro atoms. The lowest BCUT2D eigenvalue weighted by atomic mass is 10.0. The van der Waals surface area contributed by atoms with Crippen LogP contribution in [-0.2, 0) is 21.3 Å². The molecule has 1 fully saturated rings. The number of nitrogens with one attached hydrogen (secondary N) is 1. The maximum atomic E-state index is 12.5. The van der Waals surface area contributed by atoms with Crippen molar-refractivity contribution < 1.29 is 13.2 Å². The molecule has 0 saturated carbocycles. The smallest absolute Gasteiger partial charge is 0.241 e. The van der Waals surface area contributed by atoms with Crippen molar-refractivity contribution in [1.29, 1.82) is 0 Å². The average Bonchev–Trinajstić information content (AvgIpc) is 2.92. The van der Waals surface area contributed by atoms with E-state index in [1.165, 1.54) is 0 Å². The summed E-state index contributed by atoms with van der Waals surface area (Å²) < 4.78 is 33.1. The van der Waals surface area contributed by atoms with Crippen molar-refractivity contribution in [3.63, 3.8) is 0 Å². The first-order valence-electron chi connectivity index (χ1n) is 6.84. The van der Waals surface area contributed by atoms with E-state index >= 15 is 0 Å². The Labute approximate surface area is 120 Å². The van der Waals surface area contributed by atoms with Crippen LogP contribution in [0.3, 0.4) is 0 Å². The van der Waals surface area contributed by atoms with Gasteiger partial charge in [-0.1, -0.05) is 12.1 Å². The van der Waals surface area contributed by atoms with E-state index in [0.717, 1.165) is 17.5 Å². The van der Waals surface area contributed by atoms with Crippen LogP contribution in [0.2, 0.25) is 0 Å². The number of ether oxygens (including phenoxy) is 1. The Hall–Kier alpha value is -0.950. The van der Waals surface area contributed by atoms with E-state index in [4.69, 9.17) is 10.5 Å². The number of nitrogens with two attached hydrogens (primary N) is 1. The maximum Gasteiger partial charge on any atom is 0.241 e. The number of hydrogen-bond acceptors (Lipinski definition) is 4. The van der Waals surface area contributed by atoms with Crippen LogP contribution in [0.4, 0.5) is 0 Å². The maximum absolute atomic E-state index is 12.5. The summed E-state index contributed by atoms with van der Waals surface area (Å²) in [4.78, 5) is 0.311. The fourth-order valence-corrected chi connectivity index (χ4v) is 4.12. The van der Waals surface area contributed by atoms with Crippen LogP contribution >= 0.6 is 0 Å². The molecule has 3 N–H and O–H groups in total. The molecule has 0 radical (unpaired) electrons. The molecule has 112 valence electrons. The normalized spacial score (nSPS) is 21.1. The van der Waals surface area contributed by atoms with E-state index in [-0.39, 0.29) is 12.0 Å². The van der Waals surface area contributed by atoms with Gasteiger partial charge in [0.05, 0.1) is 11.5 Å². The van der Waals surface area contributed by atoms with Gasteiger partial charge >= 0.3 is 0 Å². The van der Waals surface area contributed by atoms with Crippen LogP contribution in [0.25, 0.3) is 0 Å². The third-order valence-electron chi connectivity index (χ3n) is 3.92. The van der Waals surface area contributed by atoms with Gasteiger partial charge in [-0.15, -0.1) is 0 Å². The van der Waals surface area contributed by atoms with Gasteiger partial charge in [-0.05, 0) is 37.5 Å². The largest absolute Gasteiger partial charge is 0.381 e. The monoisotopic (exact) mass is 298 g/mol. The lowest BCUT2D eigenvalue weighted by Gasteiger charge is -2.20. The van der Waals surface area contributed by atoms with E-state index in [1.807, 2.05) is 13.0 Å². The van der Waals surface area contributed by atoms with Gasteiger partial charge in [0.1, 0.15) is 0 Å². The van der Waals surface area contributed by atoms with Crippen molar-refractivity contribution in [3.8, 4) is 0 Å². The molecule has 6 heteroatoms. The standard InChI is InChI=1S/C14H22N2O3S/c1-10-12(8-15)4-3-5-14(10)20(17,18)16-11(2)13-6-7-19-9-13/h3-5,11,13,16H,6-9,15H2,1-2H3. The first-order valence-corrected chi connectivity index (χ1v) is 8.32. The van der Waals surface area contributed by atoms with E-state index in [2.05, 4.69) is 4.72 Å². The van der Waals surface area contributed by atoms with Crippen molar-refractivity contribution in [2.75, 3.05) is 13.2 Å². The summed E-state index contributed by atoms with van der Waals surface area (Å²) >= 11 is 0. The fraction of sp³-hybridized carbons (Fsp3) is 0.571. The highest BCUT2D eigenvalue weighted by molar-refractivity contribution is 7.89. The van der Waals surface area contributed by atoms with E-state index < -0.39 is 10.0 Å². The molecule has 5 nitrogen and oxygen atoms in total. The van der Waals surface area contributed by atoms with Gasteiger partial charge in [-0.25, -0.2) is 13.1 Å². The predicted molar refractivity (Wildman–Crippen MR) is 77.8 cm³/mol. The Morgan fingerprint density at radius 1 is 1.50 bits per heavy atom. The number of benzene rings is 1. The third-order valence-corrected chi connectivity index (χ3v) is 5.62. The molecule has 0 aliphatic carbocycles. The highest BCUT2D eigenvalue weighted by atomic mass is 32.2. The zero-order valence-electron chi connectivity index (χ0n) is 11.9. The second kappa shape index (κ2) is 6.22. The Kier molecular flexibility index (Phi) is 4.80.